The molecule has 0 aliphatic heterocycles. The van der Waals surface area contributed by atoms with Crippen LogP contribution in [0.3, 0.4) is 0 Å². The van der Waals surface area contributed by atoms with E-state index in [4.69, 9.17) is 4.74 Å². The van der Waals surface area contributed by atoms with Crippen molar-refractivity contribution in [2.75, 3.05) is 6.61 Å². The average Bonchev–Trinajstić information content (AvgIpc) is 2.81. The Morgan fingerprint density at radius 2 is 1.91 bits per heavy atom. The standard InChI is InChI=1S/C14H10F3N3O2/c1-2-22-11-9(8-6-4-3-5-7-8)13-18-20(17)14(21)19(13)12(16)10(11)15/h3-7H,2H2,1H3. The third kappa shape index (κ3) is 1.95. The molecule has 0 saturated heterocycles. The molecule has 0 aliphatic carbocycles. The number of hydrogen-bond donors (Lipinski definition) is 0. The lowest BCUT2D eigenvalue weighted by molar-refractivity contribution is 0.298. The first-order chi connectivity index (χ1) is 10.6. The largest absolute Gasteiger partial charge is 0.490 e. The number of pyridine rings is 1. The Labute approximate surface area is 122 Å². The summed E-state index contributed by atoms with van der Waals surface area (Å²) < 4.78 is 47.1. The van der Waals surface area contributed by atoms with Crippen LogP contribution in [-0.2, 0) is 0 Å². The molecule has 3 aromatic rings. The maximum absolute atomic E-state index is 14.2. The van der Waals surface area contributed by atoms with Gasteiger partial charge < -0.3 is 4.74 Å². The lowest BCUT2D eigenvalue weighted by Gasteiger charge is -2.13. The first-order valence-corrected chi connectivity index (χ1v) is 6.43. The molecule has 114 valence electrons. The average molecular weight is 309 g/mol. The van der Waals surface area contributed by atoms with E-state index >= 15 is 0 Å². The second-order valence-electron chi connectivity index (χ2n) is 4.41. The predicted molar refractivity (Wildman–Crippen MR) is 72.5 cm³/mol. The molecule has 0 spiro atoms. The van der Waals surface area contributed by atoms with E-state index in [9.17, 15) is 18.1 Å². The maximum Gasteiger partial charge on any atom is 0.382 e. The summed E-state index contributed by atoms with van der Waals surface area (Å²) in [5, 5.41) is 3.35. The maximum atomic E-state index is 14.2. The molecule has 0 unspecified atom stereocenters. The Kier molecular flexibility index (Phi) is 3.36. The zero-order chi connectivity index (χ0) is 15.9. The van der Waals surface area contributed by atoms with Gasteiger partial charge in [0.15, 0.2) is 11.4 Å². The minimum atomic E-state index is -1.55. The monoisotopic (exact) mass is 309 g/mol. The Morgan fingerprint density at radius 1 is 1.23 bits per heavy atom. The van der Waals surface area contributed by atoms with E-state index in [2.05, 4.69) is 5.10 Å². The minimum Gasteiger partial charge on any atom is -0.490 e. The number of nitrogens with zero attached hydrogens (tertiary/aromatic N) is 3. The number of ether oxygens (including phenoxy) is 1. The van der Waals surface area contributed by atoms with Gasteiger partial charge in [0.1, 0.15) is 0 Å². The van der Waals surface area contributed by atoms with E-state index < -0.39 is 28.1 Å². The quantitative estimate of drug-likeness (QED) is 0.699. The number of hydrogen-bond acceptors (Lipinski definition) is 3. The molecular formula is C14H10F3N3O2. The number of benzene rings is 1. The van der Waals surface area contributed by atoms with Crippen LogP contribution in [0, 0.1) is 11.8 Å². The van der Waals surface area contributed by atoms with Gasteiger partial charge in [0.2, 0.25) is 11.8 Å². The van der Waals surface area contributed by atoms with Gasteiger partial charge in [-0.1, -0.05) is 34.8 Å². The van der Waals surface area contributed by atoms with Crippen molar-refractivity contribution in [3.8, 4) is 16.9 Å². The summed E-state index contributed by atoms with van der Waals surface area (Å²) in [6.07, 6.45) is 0. The highest BCUT2D eigenvalue weighted by Gasteiger charge is 2.26. The van der Waals surface area contributed by atoms with Crippen LogP contribution in [0.2, 0.25) is 0 Å². The number of rotatable bonds is 3. The van der Waals surface area contributed by atoms with Crippen LogP contribution in [0.15, 0.2) is 35.1 Å². The molecule has 0 bridgehead atoms. The van der Waals surface area contributed by atoms with E-state index in [-0.39, 0.29) is 22.2 Å². The second-order valence-corrected chi connectivity index (χ2v) is 4.41. The molecule has 5 nitrogen and oxygen atoms in total. The molecule has 8 heteroatoms. The molecule has 3 rings (SSSR count). The van der Waals surface area contributed by atoms with E-state index in [1.165, 1.54) is 0 Å². The number of halogens is 3. The SMILES string of the molecule is CCOc1c(F)c(F)n2c(=O)n(F)nc2c1-c1ccccc1. The third-order valence-electron chi connectivity index (χ3n) is 3.12. The van der Waals surface area contributed by atoms with Crippen molar-refractivity contribution in [3.63, 3.8) is 0 Å². The summed E-state index contributed by atoms with van der Waals surface area (Å²) in [5.41, 5.74) is -1.36. The summed E-state index contributed by atoms with van der Waals surface area (Å²) in [4.78, 5) is 11.1. The van der Waals surface area contributed by atoms with Crippen molar-refractivity contribution in [1.82, 2.24) is 14.4 Å². The molecule has 0 saturated carbocycles. The van der Waals surface area contributed by atoms with Gasteiger partial charge in [0.05, 0.1) is 12.2 Å². The Hall–Kier alpha value is -2.77. The molecule has 2 aromatic heterocycles. The molecule has 0 aliphatic rings. The normalized spacial score (nSPS) is 11.1. The molecule has 2 heterocycles. The van der Waals surface area contributed by atoms with E-state index in [1.54, 1.807) is 37.3 Å². The first-order valence-electron chi connectivity index (χ1n) is 6.43. The van der Waals surface area contributed by atoms with E-state index in [0.29, 0.717) is 5.56 Å². The van der Waals surface area contributed by atoms with Gasteiger partial charge in [-0.15, -0.1) is 5.10 Å². The van der Waals surface area contributed by atoms with Crippen LogP contribution < -0.4 is 10.4 Å². The highest BCUT2D eigenvalue weighted by molar-refractivity contribution is 5.83. The number of aromatic nitrogens is 3. The minimum absolute atomic E-state index is 0.00912. The van der Waals surface area contributed by atoms with E-state index in [1.807, 2.05) is 0 Å². The second kappa shape index (κ2) is 5.21. The van der Waals surface area contributed by atoms with Gasteiger partial charge in [-0.3, -0.25) is 0 Å². The van der Waals surface area contributed by atoms with Gasteiger partial charge in [-0.2, -0.15) is 8.78 Å². The fraction of sp³-hybridized carbons (Fsp3) is 0.143. The van der Waals surface area contributed by atoms with Gasteiger partial charge in [-0.25, -0.2) is 9.20 Å². The lowest BCUT2D eigenvalue weighted by Crippen LogP contribution is -2.19. The van der Waals surface area contributed by atoms with E-state index in [0.717, 1.165) is 0 Å². The Balaban J connectivity index is 2.51. The molecule has 0 N–H and O–H groups in total. The fourth-order valence-electron chi connectivity index (χ4n) is 2.23. The molecule has 0 amide bonds. The summed E-state index contributed by atoms with van der Waals surface area (Å²) in [6.45, 7) is 1.66. The summed E-state index contributed by atoms with van der Waals surface area (Å²) in [6, 6.07) is 8.23. The molecule has 0 atom stereocenters. The summed E-state index contributed by atoms with van der Waals surface area (Å²) >= 11 is 0. The summed E-state index contributed by atoms with van der Waals surface area (Å²) in [7, 11) is 0. The predicted octanol–water partition coefficient (Wildman–Crippen LogP) is 2.57. The van der Waals surface area contributed by atoms with Gasteiger partial charge >= 0.3 is 5.69 Å². The van der Waals surface area contributed by atoms with Crippen LogP contribution in [-0.4, -0.2) is 21.0 Å². The van der Waals surface area contributed by atoms with Crippen molar-refractivity contribution in [2.24, 2.45) is 0 Å². The van der Waals surface area contributed by atoms with Gasteiger partial charge in [0.25, 0.3) is 0 Å². The Bertz CT molecular complexity index is 903. The van der Waals surface area contributed by atoms with Crippen LogP contribution >= 0.6 is 0 Å². The van der Waals surface area contributed by atoms with Crippen molar-refractivity contribution in [1.29, 1.82) is 0 Å². The zero-order valence-electron chi connectivity index (χ0n) is 11.4. The lowest BCUT2D eigenvalue weighted by atomic mass is 10.1. The topological polar surface area (TPSA) is 48.5 Å². The highest BCUT2D eigenvalue weighted by atomic mass is 19.2. The smallest absolute Gasteiger partial charge is 0.382 e. The van der Waals surface area contributed by atoms with Crippen molar-refractivity contribution >= 4 is 5.65 Å². The Morgan fingerprint density at radius 3 is 2.55 bits per heavy atom. The third-order valence-corrected chi connectivity index (χ3v) is 3.12. The van der Waals surface area contributed by atoms with Crippen LogP contribution in [0.25, 0.3) is 16.8 Å². The molecule has 0 radical (unpaired) electrons. The van der Waals surface area contributed by atoms with Crippen molar-refractivity contribution in [2.45, 2.75) is 6.92 Å². The fourth-order valence-corrected chi connectivity index (χ4v) is 2.23. The molecule has 1 aromatic carbocycles. The first kappa shape index (κ1) is 14.2. The van der Waals surface area contributed by atoms with Crippen molar-refractivity contribution in [3.05, 3.63) is 52.6 Å². The summed E-state index contributed by atoms with van der Waals surface area (Å²) in [5.74, 6) is -3.33. The number of fused-ring (bicyclic) bond motifs is 1. The van der Waals surface area contributed by atoms with Gasteiger partial charge in [-0.05, 0) is 17.4 Å². The zero-order valence-corrected chi connectivity index (χ0v) is 11.4. The molecule has 0 fully saturated rings. The highest BCUT2D eigenvalue weighted by Crippen LogP contribution is 2.36. The van der Waals surface area contributed by atoms with Crippen LogP contribution in [0.1, 0.15) is 6.92 Å². The molecule has 22 heavy (non-hydrogen) atoms. The molecular weight excluding hydrogens is 299 g/mol. The van der Waals surface area contributed by atoms with Crippen LogP contribution in [0.5, 0.6) is 5.75 Å². The van der Waals surface area contributed by atoms with Crippen LogP contribution in [0.4, 0.5) is 13.3 Å². The van der Waals surface area contributed by atoms with Crippen molar-refractivity contribution < 1.29 is 18.0 Å². The van der Waals surface area contributed by atoms with Gasteiger partial charge in [0, 0.05) is 0 Å².